The fourth-order valence-corrected chi connectivity index (χ4v) is 2.36. The Morgan fingerprint density at radius 2 is 2.26 bits per heavy atom. The molecule has 0 saturated heterocycles. The number of aromatic nitrogens is 1. The van der Waals surface area contributed by atoms with Gasteiger partial charge in [0.1, 0.15) is 0 Å². The van der Waals surface area contributed by atoms with Gasteiger partial charge in [0.2, 0.25) is 0 Å². The summed E-state index contributed by atoms with van der Waals surface area (Å²) in [6, 6.07) is -0.0422. The summed E-state index contributed by atoms with van der Waals surface area (Å²) in [4.78, 5) is 26.1. The number of carboxylic acids is 1. The van der Waals surface area contributed by atoms with Gasteiger partial charge in [0.15, 0.2) is 5.69 Å². The highest BCUT2D eigenvalue weighted by Crippen LogP contribution is 2.09. The van der Waals surface area contributed by atoms with E-state index in [2.05, 4.69) is 22.5 Å². The van der Waals surface area contributed by atoms with E-state index in [1.165, 1.54) is 16.7 Å². The van der Waals surface area contributed by atoms with Crippen molar-refractivity contribution in [3.63, 3.8) is 0 Å². The first-order valence-electron chi connectivity index (χ1n) is 6.25. The number of nitrogens with one attached hydrogen (secondary N) is 2. The Labute approximate surface area is 116 Å². The van der Waals surface area contributed by atoms with Crippen LogP contribution in [-0.2, 0) is 6.42 Å². The van der Waals surface area contributed by atoms with E-state index in [1.807, 2.05) is 6.92 Å². The number of aromatic carboxylic acids is 1. The first kappa shape index (κ1) is 15.4. The van der Waals surface area contributed by atoms with E-state index in [9.17, 15) is 9.59 Å². The van der Waals surface area contributed by atoms with Crippen LogP contribution in [0.5, 0.6) is 0 Å². The molecule has 2 amide bonds. The molecule has 6 nitrogen and oxygen atoms in total. The molecule has 1 atom stereocenters. The Bertz CT molecular complexity index is 434. The third kappa shape index (κ3) is 5.69. The molecule has 0 spiro atoms. The van der Waals surface area contributed by atoms with Crippen molar-refractivity contribution in [1.29, 1.82) is 0 Å². The Hall–Kier alpha value is -1.63. The van der Waals surface area contributed by atoms with Gasteiger partial charge >= 0.3 is 12.0 Å². The number of thiazole rings is 1. The van der Waals surface area contributed by atoms with Crippen molar-refractivity contribution in [2.45, 2.75) is 39.2 Å². The fourth-order valence-electron chi connectivity index (χ4n) is 1.59. The topological polar surface area (TPSA) is 91.3 Å². The first-order valence-corrected chi connectivity index (χ1v) is 7.13. The van der Waals surface area contributed by atoms with Crippen molar-refractivity contribution in [1.82, 2.24) is 15.6 Å². The maximum Gasteiger partial charge on any atom is 0.355 e. The van der Waals surface area contributed by atoms with Crippen LogP contribution >= 0.6 is 11.3 Å². The van der Waals surface area contributed by atoms with Crippen molar-refractivity contribution in [2.75, 3.05) is 6.54 Å². The normalized spacial score (nSPS) is 11.9. The van der Waals surface area contributed by atoms with E-state index in [0.29, 0.717) is 18.0 Å². The zero-order valence-electron chi connectivity index (χ0n) is 11.1. The summed E-state index contributed by atoms with van der Waals surface area (Å²) >= 11 is 1.29. The Kier molecular flexibility index (Phi) is 6.27. The molecule has 1 heterocycles. The van der Waals surface area contributed by atoms with E-state index in [1.54, 1.807) is 0 Å². The molecule has 1 aromatic heterocycles. The van der Waals surface area contributed by atoms with Gasteiger partial charge in [0.25, 0.3) is 0 Å². The number of rotatable bonds is 7. The van der Waals surface area contributed by atoms with Crippen molar-refractivity contribution in [3.8, 4) is 0 Å². The van der Waals surface area contributed by atoms with Crippen LogP contribution in [0.4, 0.5) is 4.79 Å². The van der Waals surface area contributed by atoms with Crippen molar-refractivity contribution >= 4 is 23.3 Å². The molecule has 3 N–H and O–H groups in total. The van der Waals surface area contributed by atoms with Gasteiger partial charge in [0, 0.05) is 24.4 Å². The lowest BCUT2D eigenvalue weighted by atomic mass is 10.2. The molecule has 0 aliphatic rings. The van der Waals surface area contributed by atoms with Gasteiger partial charge in [-0.25, -0.2) is 14.6 Å². The zero-order chi connectivity index (χ0) is 14.3. The van der Waals surface area contributed by atoms with Crippen molar-refractivity contribution in [2.24, 2.45) is 0 Å². The van der Waals surface area contributed by atoms with Crippen LogP contribution in [0.15, 0.2) is 5.38 Å². The monoisotopic (exact) mass is 285 g/mol. The van der Waals surface area contributed by atoms with E-state index >= 15 is 0 Å². The molecule has 0 saturated carbocycles. The molecular formula is C12H19N3O3S. The van der Waals surface area contributed by atoms with Crippen LogP contribution in [0, 0.1) is 0 Å². The molecule has 7 heteroatoms. The van der Waals surface area contributed by atoms with Gasteiger partial charge < -0.3 is 15.7 Å². The smallest absolute Gasteiger partial charge is 0.355 e. The summed E-state index contributed by atoms with van der Waals surface area (Å²) in [5, 5.41) is 16.5. The second-order valence-corrected chi connectivity index (χ2v) is 5.21. The lowest BCUT2D eigenvalue weighted by molar-refractivity contribution is 0.0691. The van der Waals surface area contributed by atoms with Crippen molar-refractivity contribution in [3.05, 3.63) is 16.1 Å². The number of carbonyl (C=O) groups excluding carboxylic acids is 1. The van der Waals surface area contributed by atoms with Gasteiger partial charge in [-0.2, -0.15) is 0 Å². The molecule has 0 radical (unpaired) electrons. The highest BCUT2D eigenvalue weighted by molar-refractivity contribution is 7.09. The van der Waals surface area contributed by atoms with Crippen LogP contribution in [0.3, 0.4) is 0 Å². The zero-order valence-corrected chi connectivity index (χ0v) is 11.9. The summed E-state index contributed by atoms with van der Waals surface area (Å²) in [6.45, 7) is 4.47. The van der Waals surface area contributed by atoms with Crippen molar-refractivity contribution < 1.29 is 14.7 Å². The highest BCUT2D eigenvalue weighted by Gasteiger charge is 2.09. The van der Waals surface area contributed by atoms with E-state index in [4.69, 9.17) is 5.11 Å². The highest BCUT2D eigenvalue weighted by atomic mass is 32.1. The van der Waals surface area contributed by atoms with Crippen LogP contribution in [0.2, 0.25) is 0 Å². The molecule has 106 valence electrons. The molecule has 1 aromatic rings. The maximum atomic E-state index is 11.5. The van der Waals surface area contributed by atoms with Crippen LogP contribution in [0.25, 0.3) is 0 Å². The van der Waals surface area contributed by atoms with Gasteiger partial charge in [-0.3, -0.25) is 0 Å². The number of carbonyl (C=O) groups is 2. The first-order chi connectivity index (χ1) is 9.02. The lowest BCUT2D eigenvalue weighted by Gasteiger charge is -2.13. The minimum atomic E-state index is -1.03. The van der Waals surface area contributed by atoms with E-state index in [-0.39, 0.29) is 17.8 Å². The summed E-state index contributed by atoms with van der Waals surface area (Å²) in [5.41, 5.74) is 0.0565. The molecule has 1 unspecified atom stereocenters. The number of hydrogen-bond acceptors (Lipinski definition) is 4. The Balaban J connectivity index is 2.25. The summed E-state index contributed by atoms with van der Waals surface area (Å²) in [7, 11) is 0. The van der Waals surface area contributed by atoms with Gasteiger partial charge in [-0.15, -0.1) is 11.3 Å². The predicted molar refractivity (Wildman–Crippen MR) is 73.7 cm³/mol. The predicted octanol–water partition coefficient (Wildman–Crippen LogP) is 1.87. The lowest BCUT2D eigenvalue weighted by Crippen LogP contribution is -2.41. The third-order valence-electron chi connectivity index (χ3n) is 2.49. The molecule has 0 bridgehead atoms. The second kappa shape index (κ2) is 7.73. The molecule has 0 fully saturated rings. The average Bonchev–Trinajstić information content (AvgIpc) is 2.78. The summed E-state index contributed by atoms with van der Waals surface area (Å²) < 4.78 is 0. The third-order valence-corrected chi connectivity index (χ3v) is 3.40. The molecule has 0 aliphatic heterocycles. The maximum absolute atomic E-state index is 11.5. The summed E-state index contributed by atoms with van der Waals surface area (Å²) in [6.07, 6.45) is 2.51. The number of amides is 2. The van der Waals surface area contributed by atoms with Crippen LogP contribution in [0.1, 0.15) is 42.2 Å². The second-order valence-electron chi connectivity index (χ2n) is 4.27. The SMILES string of the molecule is CCCC(C)NC(=O)NCCc1nc(C(=O)O)cs1. The number of urea groups is 1. The van der Waals surface area contributed by atoms with E-state index in [0.717, 1.165) is 12.8 Å². The van der Waals surface area contributed by atoms with Gasteiger partial charge in [-0.1, -0.05) is 13.3 Å². The van der Waals surface area contributed by atoms with Crippen LogP contribution < -0.4 is 10.6 Å². The number of carboxylic acid groups (broad SMARTS) is 1. The molecule has 19 heavy (non-hydrogen) atoms. The summed E-state index contributed by atoms with van der Waals surface area (Å²) in [5.74, 6) is -1.03. The molecular weight excluding hydrogens is 266 g/mol. The minimum Gasteiger partial charge on any atom is -0.476 e. The number of nitrogens with zero attached hydrogens (tertiary/aromatic N) is 1. The van der Waals surface area contributed by atoms with Gasteiger partial charge in [0.05, 0.1) is 5.01 Å². The standard InChI is InChI=1S/C12H19N3O3S/c1-3-4-8(2)14-12(18)13-6-5-10-15-9(7-19-10)11(16)17/h7-8H,3-6H2,1-2H3,(H,16,17)(H2,13,14,18). The quantitative estimate of drug-likeness (QED) is 0.713. The molecule has 1 rings (SSSR count). The Morgan fingerprint density at radius 1 is 1.53 bits per heavy atom. The van der Waals surface area contributed by atoms with Gasteiger partial charge in [-0.05, 0) is 13.3 Å². The minimum absolute atomic E-state index is 0.0565. The fraction of sp³-hybridized carbons (Fsp3) is 0.583. The van der Waals surface area contributed by atoms with E-state index < -0.39 is 5.97 Å². The molecule has 0 aromatic carbocycles. The average molecular weight is 285 g/mol. The largest absolute Gasteiger partial charge is 0.476 e. The molecule has 0 aliphatic carbocycles. The Morgan fingerprint density at radius 3 is 2.84 bits per heavy atom. The van der Waals surface area contributed by atoms with Crippen LogP contribution in [-0.4, -0.2) is 34.7 Å². The number of hydrogen-bond donors (Lipinski definition) is 3.